The molecule has 0 aliphatic rings. The average Bonchev–Trinajstić information content (AvgIpc) is 2.51. The number of benzene rings is 2. The fraction of sp³-hybridized carbons (Fsp3) is 0.368. The lowest BCUT2D eigenvalue weighted by Gasteiger charge is -2.21. The number of aliphatic hydroxyl groups is 1. The molecular formula is C19H24ClNO2. The Bertz CT molecular complexity index is 618. The Kier molecular flexibility index (Phi) is 7.06. The van der Waals surface area contributed by atoms with Crippen LogP contribution in [0.1, 0.15) is 16.7 Å². The standard InChI is InChI=1S/C19H24ClNO2/c1-15-7-3-4-8-16(15)11-21(2)12-18(22)14-23-13-17-9-5-6-10-19(17)20/h3-10,18,22H,11-14H2,1-2H3/t18-/m1/s1. The molecule has 0 fully saturated rings. The molecule has 1 N–H and O–H groups in total. The molecule has 0 aliphatic carbocycles. The maximum absolute atomic E-state index is 10.1. The highest BCUT2D eigenvalue weighted by atomic mass is 35.5. The smallest absolute Gasteiger partial charge is 0.0900 e. The molecule has 0 aromatic heterocycles. The van der Waals surface area contributed by atoms with Gasteiger partial charge in [-0.3, -0.25) is 4.90 Å². The molecule has 3 nitrogen and oxygen atoms in total. The molecule has 0 aliphatic heterocycles. The van der Waals surface area contributed by atoms with Gasteiger partial charge in [-0.25, -0.2) is 0 Å². The summed E-state index contributed by atoms with van der Waals surface area (Å²) in [6.45, 7) is 4.19. The van der Waals surface area contributed by atoms with Crippen molar-refractivity contribution in [1.29, 1.82) is 0 Å². The maximum atomic E-state index is 10.1. The van der Waals surface area contributed by atoms with Crippen molar-refractivity contribution in [3.05, 3.63) is 70.2 Å². The summed E-state index contributed by atoms with van der Waals surface area (Å²) in [6.07, 6.45) is -0.522. The van der Waals surface area contributed by atoms with E-state index in [4.69, 9.17) is 16.3 Å². The lowest BCUT2D eigenvalue weighted by Crippen LogP contribution is -2.32. The molecule has 2 rings (SSSR count). The van der Waals surface area contributed by atoms with Crippen molar-refractivity contribution in [3.63, 3.8) is 0 Å². The third kappa shape index (κ3) is 5.96. The summed E-state index contributed by atoms with van der Waals surface area (Å²) in [5.41, 5.74) is 3.48. The number of aryl methyl sites for hydroxylation is 1. The van der Waals surface area contributed by atoms with Gasteiger partial charge in [0.2, 0.25) is 0 Å². The molecule has 2 aromatic rings. The molecule has 0 saturated carbocycles. The Balaban J connectivity index is 1.73. The van der Waals surface area contributed by atoms with Crippen molar-refractivity contribution < 1.29 is 9.84 Å². The highest BCUT2D eigenvalue weighted by Gasteiger charge is 2.10. The SMILES string of the molecule is Cc1ccccc1CN(C)C[C@@H](O)COCc1ccccc1Cl. The van der Waals surface area contributed by atoms with Gasteiger partial charge in [0, 0.05) is 18.1 Å². The number of rotatable bonds is 8. The highest BCUT2D eigenvalue weighted by molar-refractivity contribution is 6.31. The quantitative estimate of drug-likeness (QED) is 0.800. The van der Waals surface area contributed by atoms with E-state index in [0.717, 1.165) is 12.1 Å². The van der Waals surface area contributed by atoms with Crippen LogP contribution in [-0.2, 0) is 17.9 Å². The second-order valence-corrected chi connectivity index (χ2v) is 6.29. The van der Waals surface area contributed by atoms with Crippen LogP contribution >= 0.6 is 11.6 Å². The second-order valence-electron chi connectivity index (χ2n) is 5.88. The van der Waals surface area contributed by atoms with Crippen molar-refractivity contribution in [2.24, 2.45) is 0 Å². The Morgan fingerprint density at radius 2 is 1.74 bits per heavy atom. The minimum Gasteiger partial charge on any atom is -0.389 e. The number of aliphatic hydroxyl groups excluding tert-OH is 1. The number of hydrogen-bond acceptors (Lipinski definition) is 3. The zero-order chi connectivity index (χ0) is 16.7. The van der Waals surface area contributed by atoms with Crippen LogP contribution in [0.15, 0.2) is 48.5 Å². The third-order valence-corrected chi connectivity index (χ3v) is 4.12. The largest absolute Gasteiger partial charge is 0.389 e. The molecule has 2 aromatic carbocycles. The van der Waals surface area contributed by atoms with Crippen molar-refractivity contribution >= 4 is 11.6 Å². The summed E-state index contributed by atoms with van der Waals surface area (Å²) < 4.78 is 5.58. The zero-order valence-electron chi connectivity index (χ0n) is 13.7. The van der Waals surface area contributed by atoms with Crippen LogP contribution in [-0.4, -0.2) is 36.3 Å². The van der Waals surface area contributed by atoms with Gasteiger partial charge in [-0.1, -0.05) is 54.1 Å². The Hall–Kier alpha value is -1.39. The summed E-state index contributed by atoms with van der Waals surface area (Å²) in [4.78, 5) is 2.10. The van der Waals surface area contributed by atoms with E-state index in [1.54, 1.807) is 0 Å². The highest BCUT2D eigenvalue weighted by Crippen LogP contribution is 2.16. The number of hydrogen-bond donors (Lipinski definition) is 1. The second kappa shape index (κ2) is 9.04. The first-order chi connectivity index (χ1) is 11.1. The minimum absolute atomic E-state index is 0.295. The van der Waals surface area contributed by atoms with Gasteiger partial charge in [-0.05, 0) is 36.7 Å². The molecule has 23 heavy (non-hydrogen) atoms. The Morgan fingerprint density at radius 3 is 2.43 bits per heavy atom. The van der Waals surface area contributed by atoms with Crippen LogP contribution in [0.25, 0.3) is 0 Å². The summed E-state index contributed by atoms with van der Waals surface area (Å²) >= 11 is 6.08. The van der Waals surface area contributed by atoms with E-state index in [9.17, 15) is 5.11 Å². The predicted molar refractivity (Wildman–Crippen MR) is 94.6 cm³/mol. The fourth-order valence-electron chi connectivity index (χ4n) is 2.48. The molecule has 0 unspecified atom stereocenters. The normalized spacial score (nSPS) is 12.6. The molecule has 0 heterocycles. The van der Waals surface area contributed by atoms with Crippen LogP contribution in [0.5, 0.6) is 0 Å². The Labute approximate surface area is 143 Å². The molecule has 0 radical (unpaired) electrons. The van der Waals surface area contributed by atoms with Gasteiger partial charge in [-0.15, -0.1) is 0 Å². The van der Waals surface area contributed by atoms with Crippen molar-refractivity contribution in [1.82, 2.24) is 4.90 Å². The summed E-state index contributed by atoms with van der Waals surface area (Å²) in [5, 5.41) is 10.8. The molecule has 0 amide bonds. The average molecular weight is 334 g/mol. The van der Waals surface area contributed by atoms with Gasteiger partial charge in [-0.2, -0.15) is 0 Å². The van der Waals surface area contributed by atoms with E-state index >= 15 is 0 Å². The van der Waals surface area contributed by atoms with Crippen LogP contribution in [0.2, 0.25) is 5.02 Å². The predicted octanol–water partition coefficient (Wildman–Crippen LogP) is 3.66. The maximum Gasteiger partial charge on any atom is 0.0900 e. The molecule has 0 spiro atoms. The fourth-order valence-corrected chi connectivity index (χ4v) is 2.67. The van der Waals surface area contributed by atoms with Gasteiger partial charge in [0.05, 0.1) is 19.3 Å². The molecule has 0 bridgehead atoms. The lowest BCUT2D eigenvalue weighted by atomic mass is 10.1. The van der Waals surface area contributed by atoms with E-state index in [2.05, 4.69) is 24.0 Å². The van der Waals surface area contributed by atoms with Crippen LogP contribution < -0.4 is 0 Å². The zero-order valence-corrected chi connectivity index (χ0v) is 14.5. The van der Waals surface area contributed by atoms with Crippen molar-refractivity contribution in [3.8, 4) is 0 Å². The van der Waals surface area contributed by atoms with Crippen molar-refractivity contribution in [2.45, 2.75) is 26.2 Å². The first kappa shape index (κ1) is 18.0. The number of likely N-dealkylation sites (N-methyl/N-ethyl adjacent to an activating group) is 1. The lowest BCUT2D eigenvalue weighted by molar-refractivity contribution is 0.0127. The number of nitrogens with zero attached hydrogens (tertiary/aromatic N) is 1. The molecule has 1 atom stereocenters. The van der Waals surface area contributed by atoms with Crippen LogP contribution in [0.4, 0.5) is 0 Å². The van der Waals surface area contributed by atoms with E-state index in [-0.39, 0.29) is 0 Å². The Morgan fingerprint density at radius 1 is 1.09 bits per heavy atom. The monoisotopic (exact) mass is 333 g/mol. The first-order valence-electron chi connectivity index (χ1n) is 7.78. The van der Waals surface area contributed by atoms with Gasteiger partial charge in [0.1, 0.15) is 0 Å². The topological polar surface area (TPSA) is 32.7 Å². The van der Waals surface area contributed by atoms with E-state index in [1.807, 2.05) is 43.4 Å². The van der Waals surface area contributed by atoms with Gasteiger partial charge in [0.25, 0.3) is 0 Å². The minimum atomic E-state index is -0.522. The third-order valence-electron chi connectivity index (χ3n) is 3.75. The van der Waals surface area contributed by atoms with E-state index in [1.165, 1.54) is 11.1 Å². The van der Waals surface area contributed by atoms with E-state index < -0.39 is 6.10 Å². The molecule has 124 valence electrons. The molecular weight excluding hydrogens is 310 g/mol. The summed E-state index contributed by atoms with van der Waals surface area (Å²) in [6, 6.07) is 15.9. The first-order valence-corrected chi connectivity index (χ1v) is 8.16. The van der Waals surface area contributed by atoms with Gasteiger partial charge in [0.15, 0.2) is 0 Å². The molecule has 0 saturated heterocycles. The number of ether oxygens (including phenoxy) is 1. The van der Waals surface area contributed by atoms with Gasteiger partial charge >= 0.3 is 0 Å². The van der Waals surface area contributed by atoms with Crippen molar-refractivity contribution in [2.75, 3.05) is 20.2 Å². The summed E-state index contributed by atoms with van der Waals surface area (Å²) in [5.74, 6) is 0. The number of halogens is 1. The van der Waals surface area contributed by atoms with Crippen LogP contribution in [0, 0.1) is 6.92 Å². The van der Waals surface area contributed by atoms with E-state index in [0.29, 0.717) is 24.8 Å². The summed E-state index contributed by atoms with van der Waals surface area (Å²) in [7, 11) is 2.00. The van der Waals surface area contributed by atoms with Gasteiger partial charge < -0.3 is 9.84 Å². The van der Waals surface area contributed by atoms with Crippen LogP contribution in [0.3, 0.4) is 0 Å². The molecule has 4 heteroatoms.